The standard InChI is InChI=1S/C9H12B2N2O5.C7H11NO3.C2HF3O/c1-18-7(15)5(12-8(10)16)3-2-4-6(14)13-9(11)17;1-11-7(10)5-3-2-4-6(9)8-5;3-2(4,5)1-6/h5H,2-4H2,1H3,(H,12,16)(H,13,14,17);5H,2-4H2,1H3,(H,8,9);1H/t5-;;/m0../s1. The third-order valence-corrected chi connectivity index (χ3v) is 3.81. The van der Waals surface area contributed by atoms with Gasteiger partial charge in [-0.3, -0.25) is 24.0 Å². The number of imide groups is 1. The number of amides is 4. The zero-order valence-corrected chi connectivity index (χ0v) is 18.9. The van der Waals surface area contributed by atoms with Crippen LogP contribution in [0.3, 0.4) is 0 Å². The lowest BCUT2D eigenvalue weighted by Crippen LogP contribution is -2.44. The van der Waals surface area contributed by atoms with Gasteiger partial charge in [0.2, 0.25) is 33.8 Å². The number of aldehydes is 1. The number of rotatable bonds is 7. The van der Waals surface area contributed by atoms with E-state index in [2.05, 4.69) is 20.1 Å². The van der Waals surface area contributed by atoms with Crippen molar-refractivity contribution in [2.24, 2.45) is 0 Å². The number of esters is 2. The predicted octanol–water partition coefficient (Wildman–Crippen LogP) is -0.443. The molecule has 192 valence electrons. The van der Waals surface area contributed by atoms with Crippen molar-refractivity contribution in [3.63, 3.8) is 0 Å². The van der Waals surface area contributed by atoms with Crippen molar-refractivity contribution in [1.29, 1.82) is 0 Å². The number of nitrogens with one attached hydrogen (secondary N) is 3. The zero-order chi connectivity index (χ0) is 27.6. The largest absolute Gasteiger partial charge is 0.467 e. The molecule has 1 saturated heterocycles. The van der Waals surface area contributed by atoms with Crippen LogP contribution in [0.5, 0.6) is 0 Å². The highest BCUT2D eigenvalue weighted by atomic mass is 19.4. The Morgan fingerprint density at radius 3 is 2.11 bits per heavy atom. The van der Waals surface area contributed by atoms with E-state index < -0.39 is 48.0 Å². The van der Waals surface area contributed by atoms with E-state index in [4.69, 9.17) is 20.5 Å². The van der Waals surface area contributed by atoms with Gasteiger partial charge in [-0.25, -0.2) is 9.59 Å². The van der Waals surface area contributed by atoms with Crippen LogP contribution in [0.15, 0.2) is 0 Å². The molecule has 1 fully saturated rings. The van der Waals surface area contributed by atoms with Gasteiger partial charge >= 0.3 is 18.1 Å². The molecule has 0 aromatic heterocycles. The van der Waals surface area contributed by atoms with Crippen LogP contribution in [0.2, 0.25) is 0 Å². The number of alkyl halides is 3. The number of ether oxygens (including phenoxy) is 2. The van der Waals surface area contributed by atoms with Crippen molar-refractivity contribution in [3.8, 4) is 0 Å². The second-order valence-electron chi connectivity index (χ2n) is 6.58. The second-order valence-corrected chi connectivity index (χ2v) is 6.58. The first-order chi connectivity index (χ1) is 16.2. The van der Waals surface area contributed by atoms with Crippen molar-refractivity contribution >= 4 is 57.3 Å². The summed E-state index contributed by atoms with van der Waals surface area (Å²) in [7, 11) is 12.1. The second kappa shape index (κ2) is 18.0. The average Bonchev–Trinajstić information content (AvgIpc) is 2.77. The average molecular weight is 505 g/mol. The minimum Gasteiger partial charge on any atom is -0.467 e. The molecule has 4 radical (unpaired) electrons. The van der Waals surface area contributed by atoms with Gasteiger partial charge in [-0.15, -0.1) is 0 Å². The SMILES string of the molecule is COC(=O)C1CCCC(=O)N1.O=CC(F)(F)F.[B]C(=O)NC(=O)CCC[C@H](NC([B])=O)C(=O)OC. The summed E-state index contributed by atoms with van der Waals surface area (Å²) >= 11 is 0. The third-order valence-electron chi connectivity index (χ3n) is 3.81. The van der Waals surface area contributed by atoms with E-state index in [0.29, 0.717) is 12.8 Å². The molecule has 0 saturated carbocycles. The molecule has 0 aromatic carbocycles. The van der Waals surface area contributed by atoms with Gasteiger partial charge in [0, 0.05) is 12.8 Å². The van der Waals surface area contributed by atoms with Crippen LogP contribution in [0, 0.1) is 0 Å². The number of carbonyl (C=O) groups is 7. The van der Waals surface area contributed by atoms with Gasteiger partial charge in [0.1, 0.15) is 12.1 Å². The first-order valence-electron chi connectivity index (χ1n) is 9.80. The Labute approximate surface area is 201 Å². The smallest absolute Gasteiger partial charge is 0.446 e. The van der Waals surface area contributed by atoms with E-state index in [1.165, 1.54) is 7.11 Å². The molecule has 12 nitrogen and oxygen atoms in total. The van der Waals surface area contributed by atoms with Crippen LogP contribution >= 0.6 is 0 Å². The summed E-state index contributed by atoms with van der Waals surface area (Å²) in [4.78, 5) is 73.6. The van der Waals surface area contributed by atoms with Crippen LogP contribution in [0.25, 0.3) is 0 Å². The minimum atomic E-state index is -4.64. The van der Waals surface area contributed by atoms with Gasteiger partial charge in [0.05, 0.1) is 14.2 Å². The Morgan fingerprint density at radius 1 is 1.14 bits per heavy atom. The highest BCUT2D eigenvalue weighted by Gasteiger charge is 2.25. The molecule has 0 aromatic rings. The summed E-state index contributed by atoms with van der Waals surface area (Å²) in [5.74, 6) is -3.45. The lowest BCUT2D eigenvalue weighted by Gasteiger charge is -2.20. The van der Waals surface area contributed by atoms with Crippen LogP contribution in [-0.2, 0) is 33.4 Å². The maximum atomic E-state index is 11.2. The fourth-order valence-electron chi connectivity index (χ4n) is 2.35. The Kier molecular flexibility index (Phi) is 17.4. The number of piperidine rings is 1. The van der Waals surface area contributed by atoms with E-state index in [1.54, 1.807) is 0 Å². The number of hydrogen-bond acceptors (Lipinski definition) is 9. The highest BCUT2D eigenvalue weighted by molar-refractivity contribution is 6.58. The third kappa shape index (κ3) is 19.8. The summed E-state index contributed by atoms with van der Waals surface area (Å²) in [5.41, 5.74) is 0. The Bertz CT molecular complexity index is 767. The van der Waals surface area contributed by atoms with E-state index in [1.807, 2.05) is 5.32 Å². The molecule has 3 N–H and O–H groups in total. The number of hydrogen-bond donors (Lipinski definition) is 3. The topological polar surface area (TPSA) is 174 Å². The summed E-state index contributed by atoms with van der Waals surface area (Å²) in [6, 6.07) is -1.34. The van der Waals surface area contributed by atoms with Crippen molar-refractivity contribution in [2.75, 3.05) is 14.2 Å². The van der Waals surface area contributed by atoms with Gasteiger partial charge in [0.15, 0.2) is 11.6 Å². The van der Waals surface area contributed by atoms with Crippen LogP contribution < -0.4 is 16.0 Å². The number of carbonyl (C=O) groups excluding carboxylic acids is 7. The molecule has 1 unspecified atom stereocenters. The molecule has 0 aliphatic carbocycles. The van der Waals surface area contributed by atoms with Crippen molar-refractivity contribution in [2.45, 2.75) is 56.8 Å². The first kappa shape index (κ1) is 33.8. The summed E-state index contributed by atoms with van der Waals surface area (Å²) < 4.78 is 40.2. The van der Waals surface area contributed by atoms with Crippen LogP contribution in [0.4, 0.5) is 22.8 Å². The Morgan fingerprint density at radius 2 is 1.71 bits per heavy atom. The first-order valence-corrected chi connectivity index (χ1v) is 9.80. The molecular formula is C18H24B2F3N3O9. The molecule has 1 aliphatic heterocycles. The normalized spacial score (nSPS) is 15.2. The van der Waals surface area contributed by atoms with Gasteiger partial charge < -0.3 is 25.4 Å². The van der Waals surface area contributed by atoms with E-state index >= 15 is 0 Å². The number of halogens is 3. The maximum absolute atomic E-state index is 11.2. The van der Waals surface area contributed by atoms with Crippen molar-refractivity contribution in [3.05, 3.63) is 0 Å². The summed E-state index contributed by atoms with van der Waals surface area (Å²) in [6.45, 7) is 0. The number of methoxy groups -OCH3 is 2. The molecule has 1 aliphatic rings. The molecule has 2 atom stereocenters. The van der Waals surface area contributed by atoms with Crippen molar-refractivity contribution in [1.82, 2.24) is 16.0 Å². The highest BCUT2D eigenvalue weighted by Crippen LogP contribution is 2.09. The monoisotopic (exact) mass is 505 g/mol. The minimum absolute atomic E-state index is 0.0170. The molecule has 35 heavy (non-hydrogen) atoms. The lowest BCUT2D eigenvalue weighted by atomic mass is 10.1. The van der Waals surface area contributed by atoms with E-state index in [-0.39, 0.29) is 31.1 Å². The molecular weight excluding hydrogens is 481 g/mol. The van der Waals surface area contributed by atoms with E-state index in [9.17, 15) is 41.9 Å². The Balaban J connectivity index is 0. The fraction of sp³-hybridized carbons (Fsp3) is 0.611. The maximum Gasteiger partial charge on any atom is 0.446 e. The molecule has 4 amide bonds. The van der Waals surface area contributed by atoms with Gasteiger partial charge in [-0.2, -0.15) is 13.2 Å². The van der Waals surface area contributed by atoms with Crippen molar-refractivity contribution < 1.29 is 56.2 Å². The summed E-state index contributed by atoms with van der Waals surface area (Å²) in [6.07, 6.45) is -3.33. The molecule has 1 heterocycles. The van der Waals surface area contributed by atoms with Gasteiger partial charge in [-0.1, -0.05) is 0 Å². The quantitative estimate of drug-likeness (QED) is 0.236. The predicted molar refractivity (Wildman–Crippen MR) is 113 cm³/mol. The summed E-state index contributed by atoms with van der Waals surface area (Å²) in [5, 5.41) is 6.61. The van der Waals surface area contributed by atoms with Gasteiger partial charge in [-0.05, 0) is 25.7 Å². The fourth-order valence-corrected chi connectivity index (χ4v) is 2.35. The lowest BCUT2D eigenvalue weighted by molar-refractivity contribution is -0.156. The van der Waals surface area contributed by atoms with Crippen LogP contribution in [-0.4, -0.2) is 89.8 Å². The van der Waals surface area contributed by atoms with Gasteiger partial charge in [0.25, 0.3) is 0 Å². The van der Waals surface area contributed by atoms with E-state index in [0.717, 1.165) is 13.5 Å². The molecule has 0 spiro atoms. The van der Waals surface area contributed by atoms with Crippen LogP contribution in [0.1, 0.15) is 38.5 Å². The molecule has 17 heteroatoms. The zero-order valence-electron chi connectivity index (χ0n) is 18.9. The molecule has 0 bridgehead atoms. The Hall–Kier alpha value is -3.39. The molecule has 1 rings (SSSR count).